The Kier molecular flexibility index (Phi) is 4.74. The number of aromatic nitrogens is 2. The normalized spacial score (nSPS) is 12.6. The molecule has 0 aliphatic rings. The molecule has 2 rings (SSSR count). The smallest absolute Gasteiger partial charge is 0.112 e. The monoisotopic (exact) mass is 257 g/mol. The molecular weight excluding hydrogens is 234 g/mol. The van der Waals surface area contributed by atoms with Crippen LogP contribution < -0.4 is 5.32 Å². The summed E-state index contributed by atoms with van der Waals surface area (Å²) in [4.78, 5) is 4.39. The standard InChI is InChI=1S/C16H23N3/c1-4-15(17-5-2)14-8-6-7-13(11-14)12-16-18-9-10-19(16)3/h6-11,15,17H,4-5,12H2,1-3H3. The van der Waals surface area contributed by atoms with Crippen LogP contribution in [0.15, 0.2) is 36.7 Å². The van der Waals surface area contributed by atoms with Crippen molar-refractivity contribution in [2.24, 2.45) is 7.05 Å². The van der Waals surface area contributed by atoms with Crippen LogP contribution in [0.5, 0.6) is 0 Å². The first-order valence-corrected chi connectivity index (χ1v) is 7.03. The fourth-order valence-corrected chi connectivity index (χ4v) is 2.41. The summed E-state index contributed by atoms with van der Waals surface area (Å²) in [5.74, 6) is 1.11. The van der Waals surface area contributed by atoms with Gasteiger partial charge in [-0.05, 0) is 24.1 Å². The van der Waals surface area contributed by atoms with Gasteiger partial charge >= 0.3 is 0 Å². The van der Waals surface area contributed by atoms with Gasteiger partial charge in [0, 0.05) is 31.9 Å². The van der Waals surface area contributed by atoms with E-state index in [-0.39, 0.29) is 0 Å². The molecule has 102 valence electrons. The zero-order valence-electron chi connectivity index (χ0n) is 12.1. The van der Waals surface area contributed by atoms with Gasteiger partial charge in [0.1, 0.15) is 5.82 Å². The molecule has 19 heavy (non-hydrogen) atoms. The lowest BCUT2D eigenvalue weighted by Gasteiger charge is -2.17. The van der Waals surface area contributed by atoms with Gasteiger partial charge in [0.05, 0.1) is 0 Å². The van der Waals surface area contributed by atoms with Gasteiger partial charge in [0.15, 0.2) is 0 Å². The number of nitrogens with zero attached hydrogens (tertiary/aromatic N) is 2. The largest absolute Gasteiger partial charge is 0.338 e. The summed E-state index contributed by atoms with van der Waals surface area (Å²) >= 11 is 0. The summed E-state index contributed by atoms with van der Waals surface area (Å²) in [7, 11) is 2.04. The highest BCUT2D eigenvalue weighted by Crippen LogP contribution is 2.19. The second-order valence-corrected chi connectivity index (χ2v) is 4.89. The Morgan fingerprint density at radius 3 is 2.79 bits per heavy atom. The van der Waals surface area contributed by atoms with E-state index in [9.17, 15) is 0 Å². The quantitative estimate of drug-likeness (QED) is 0.862. The van der Waals surface area contributed by atoms with Crippen molar-refractivity contribution < 1.29 is 0 Å². The number of nitrogens with one attached hydrogen (secondary N) is 1. The Morgan fingerprint density at radius 1 is 1.32 bits per heavy atom. The van der Waals surface area contributed by atoms with E-state index in [4.69, 9.17) is 0 Å². The minimum atomic E-state index is 0.450. The third-order valence-corrected chi connectivity index (χ3v) is 3.50. The lowest BCUT2D eigenvalue weighted by atomic mass is 10.0. The molecule has 1 unspecified atom stereocenters. The first-order chi connectivity index (χ1) is 9.24. The Morgan fingerprint density at radius 2 is 2.16 bits per heavy atom. The minimum Gasteiger partial charge on any atom is -0.338 e. The van der Waals surface area contributed by atoms with E-state index >= 15 is 0 Å². The lowest BCUT2D eigenvalue weighted by Crippen LogP contribution is -2.20. The van der Waals surface area contributed by atoms with E-state index in [0.29, 0.717) is 6.04 Å². The van der Waals surface area contributed by atoms with Gasteiger partial charge < -0.3 is 9.88 Å². The third kappa shape index (κ3) is 3.44. The molecule has 0 aliphatic heterocycles. The molecule has 0 amide bonds. The number of benzene rings is 1. The molecule has 1 heterocycles. The molecule has 0 bridgehead atoms. The highest BCUT2D eigenvalue weighted by atomic mass is 15.0. The SMILES string of the molecule is CCNC(CC)c1cccc(Cc2nccn2C)c1. The van der Waals surface area contributed by atoms with Crippen molar-refractivity contribution in [3.8, 4) is 0 Å². The zero-order valence-corrected chi connectivity index (χ0v) is 12.1. The molecule has 0 spiro atoms. The van der Waals surface area contributed by atoms with Gasteiger partial charge in [-0.15, -0.1) is 0 Å². The molecule has 1 aromatic carbocycles. The maximum absolute atomic E-state index is 4.39. The molecule has 0 fully saturated rings. The Hall–Kier alpha value is -1.61. The average Bonchev–Trinajstić information content (AvgIpc) is 2.82. The summed E-state index contributed by atoms with van der Waals surface area (Å²) in [6.07, 6.45) is 5.85. The molecule has 0 saturated carbocycles. The number of rotatable bonds is 6. The van der Waals surface area contributed by atoms with Crippen molar-refractivity contribution in [1.29, 1.82) is 0 Å². The van der Waals surface area contributed by atoms with Crippen LogP contribution >= 0.6 is 0 Å². The summed E-state index contributed by atoms with van der Waals surface area (Å²) < 4.78 is 2.08. The van der Waals surface area contributed by atoms with Crippen LogP contribution in [0.2, 0.25) is 0 Å². The number of hydrogen-bond acceptors (Lipinski definition) is 2. The van der Waals surface area contributed by atoms with Crippen molar-refractivity contribution in [2.45, 2.75) is 32.7 Å². The number of imidazole rings is 1. The summed E-state index contributed by atoms with van der Waals surface area (Å²) in [5.41, 5.74) is 2.69. The van der Waals surface area contributed by atoms with Crippen LogP contribution in [0.3, 0.4) is 0 Å². The molecule has 3 nitrogen and oxygen atoms in total. The van der Waals surface area contributed by atoms with Crippen molar-refractivity contribution in [3.05, 3.63) is 53.6 Å². The molecule has 3 heteroatoms. The number of aryl methyl sites for hydroxylation is 1. The lowest BCUT2D eigenvalue weighted by molar-refractivity contribution is 0.537. The highest BCUT2D eigenvalue weighted by Gasteiger charge is 2.09. The molecule has 1 N–H and O–H groups in total. The van der Waals surface area contributed by atoms with Gasteiger partial charge in [0.25, 0.3) is 0 Å². The first-order valence-electron chi connectivity index (χ1n) is 7.03. The van der Waals surface area contributed by atoms with Crippen molar-refractivity contribution in [3.63, 3.8) is 0 Å². The second-order valence-electron chi connectivity index (χ2n) is 4.89. The minimum absolute atomic E-state index is 0.450. The van der Waals surface area contributed by atoms with Gasteiger partial charge in [0.2, 0.25) is 0 Å². The predicted molar refractivity (Wildman–Crippen MR) is 79.2 cm³/mol. The van der Waals surface area contributed by atoms with Gasteiger partial charge in [-0.3, -0.25) is 0 Å². The van der Waals surface area contributed by atoms with Gasteiger partial charge in [-0.25, -0.2) is 4.98 Å². The predicted octanol–water partition coefficient (Wildman–Crippen LogP) is 3.07. The highest BCUT2D eigenvalue weighted by molar-refractivity contribution is 5.28. The van der Waals surface area contributed by atoms with E-state index < -0.39 is 0 Å². The second kappa shape index (κ2) is 6.53. The van der Waals surface area contributed by atoms with E-state index in [1.54, 1.807) is 0 Å². The average molecular weight is 257 g/mol. The van der Waals surface area contributed by atoms with Crippen LogP contribution in [-0.2, 0) is 13.5 Å². The van der Waals surface area contributed by atoms with Crippen LogP contribution in [0.1, 0.15) is 43.3 Å². The third-order valence-electron chi connectivity index (χ3n) is 3.50. The van der Waals surface area contributed by atoms with Crippen molar-refractivity contribution >= 4 is 0 Å². The van der Waals surface area contributed by atoms with Crippen LogP contribution in [0.25, 0.3) is 0 Å². The number of hydrogen-bond donors (Lipinski definition) is 1. The van der Waals surface area contributed by atoms with Gasteiger partial charge in [-0.2, -0.15) is 0 Å². The first kappa shape index (κ1) is 13.8. The molecular formula is C16H23N3. The maximum atomic E-state index is 4.39. The fraction of sp³-hybridized carbons (Fsp3) is 0.438. The topological polar surface area (TPSA) is 29.9 Å². The molecule has 0 radical (unpaired) electrons. The van der Waals surface area contributed by atoms with Crippen LogP contribution in [0.4, 0.5) is 0 Å². The van der Waals surface area contributed by atoms with E-state index in [0.717, 1.165) is 25.2 Å². The Bertz CT molecular complexity index is 516. The van der Waals surface area contributed by atoms with Crippen LogP contribution in [-0.4, -0.2) is 16.1 Å². The summed E-state index contributed by atoms with van der Waals surface area (Å²) in [6.45, 7) is 5.38. The summed E-state index contributed by atoms with van der Waals surface area (Å²) in [6, 6.07) is 9.28. The van der Waals surface area contributed by atoms with E-state index in [2.05, 4.69) is 53.0 Å². The zero-order chi connectivity index (χ0) is 13.7. The summed E-state index contributed by atoms with van der Waals surface area (Å²) in [5, 5.41) is 3.53. The van der Waals surface area contributed by atoms with E-state index in [1.807, 2.05) is 19.4 Å². The maximum Gasteiger partial charge on any atom is 0.112 e. The Balaban J connectivity index is 2.17. The van der Waals surface area contributed by atoms with E-state index in [1.165, 1.54) is 11.1 Å². The van der Waals surface area contributed by atoms with Crippen molar-refractivity contribution in [1.82, 2.24) is 14.9 Å². The fourth-order valence-electron chi connectivity index (χ4n) is 2.41. The molecule has 0 saturated heterocycles. The Labute approximate surface area is 115 Å². The molecule has 0 aliphatic carbocycles. The molecule has 1 atom stereocenters. The van der Waals surface area contributed by atoms with Crippen molar-refractivity contribution in [2.75, 3.05) is 6.54 Å². The molecule has 1 aromatic heterocycles. The molecule has 2 aromatic rings. The van der Waals surface area contributed by atoms with Gasteiger partial charge in [-0.1, -0.05) is 38.1 Å². The van der Waals surface area contributed by atoms with Crippen LogP contribution in [0, 0.1) is 0 Å².